The molecule has 29 heavy (non-hydrogen) atoms. The van der Waals surface area contributed by atoms with Crippen LogP contribution in [0.5, 0.6) is 0 Å². The number of halogens is 1. The van der Waals surface area contributed by atoms with Crippen molar-refractivity contribution in [3.05, 3.63) is 42.5 Å². The lowest BCUT2D eigenvalue weighted by atomic mass is 9.96. The van der Waals surface area contributed by atoms with Crippen LogP contribution in [0, 0.1) is 11.7 Å². The van der Waals surface area contributed by atoms with E-state index in [0.29, 0.717) is 18.4 Å². The van der Waals surface area contributed by atoms with Crippen molar-refractivity contribution in [3.8, 4) is 0 Å². The van der Waals surface area contributed by atoms with Gasteiger partial charge in [-0.3, -0.25) is 5.32 Å². The number of likely N-dealkylation sites (tertiary alicyclic amines) is 1. The Kier molecular flexibility index (Phi) is 5.57. The van der Waals surface area contributed by atoms with Gasteiger partial charge in [0.15, 0.2) is 5.82 Å². The minimum Gasteiger partial charge on any atom is -0.344 e. The molecule has 0 bridgehead atoms. The van der Waals surface area contributed by atoms with E-state index in [9.17, 15) is 0 Å². The predicted octanol–water partition coefficient (Wildman–Crippen LogP) is 3.30. The van der Waals surface area contributed by atoms with Crippen molar-refractivity contribution in [2.24, 2.45) is 5.92 Å². The normalized spacial score (nSPS) is 22.6. The fourth-order valence-electron chi connectivity index (χ4n) is 5.21. The van der Waals surface area contributed by atoms with E-state index in [1.54, 1.807) is 0 Å². The van der Waals surface area contributed by atoms with Crippen LogP contribution in [0.3, 0.4) is 0 Å². The second-order valence-electron chi connectivity index (χ2n) is 8.75. The maximum atomic E-state index is 15.2. The molecule has 4 heterocycles. The molecule has 2 fully saturated rings. The maximum absolute atomic E-state index is 15.2. The van der Waals surface area contributed by atoms with Gasteiger partial charge in [-0.1, -0.05) is 6.08 Å². The zero-order valence-corrected chi connectivity index (χ0v) is 17.1. The molecule has 2 N–H and O–H groups in total. The number of rotatable bonds is 4. The van der Waals surface area contributed by atoms with Gasteiger partial charge in [0.05, 0.1) is 17.9 Å². The van der Waals surface area contributed by atoms with Gasteiger partial charge in [0.1, 0.15) is 0 Å². The first-order valence-electron chi connectivity index (χ1n) is 11.2. The van der Waals surface area contributed by atoms with E-state index < -0.39 is 0 Å². The van der Waals surface area contributed by atoms with Crippen LogP contribution in [0.2, 0.25) is 0 Å². The van der Waals surface area contributed by atoms with E-state index in [4.69, 9.17) is 0 Å². The Morgan fingerprint density at radius 2 is 1.83 bits per heavy atom. The predicted molar refractivity (Wildman–Crippen MR) is 117 cm³/mol. The monoisotopic (exact) mass is 397 g/mol. The molecule has 0 aliphatic carbocycles. The Bertz CT molecular complexity index is 862. The topological polar surface area (TPSA) is 35.5 Å². The van der Waals surface area contributed by atoms with Crippen molar-refractivity contribution in [2.75, 3.05) is 50.8 Å². The molecule has 0 spiro atoms. The molecule has 5 nitrogen and oxygen atoms in total. The third-order valence-corrected chi connectivity index (χ3v) is 6.88. The SMILES string of the molecule is Fc1c(N2C=CCNC2)ccc2c1ccn2C1CCN(CC2CCNCC2)CC1. The number of hydrogen-bond acceptors (Lipinski definition) is 4. The Balaban J connectivity index is 1.28. The summed E-state index contributed by atoms with van der Waals surface area (Å²) in [6.07, 6.45) is 11.0. The second-order valence-corrected chi connectivity index (χ2v) is 8.75. The Morgan fingerprint density at radius 3 is 2.59 bits per heavy atom. The minimum atomic E-state index is -0.113. The molecule has 1 aromatic carbocycles. The van der Waals surface area contributed by atoms with Crippen LogP contribution in [0.25, 0.3) is 10.9 Å². The molecule has 156 valence electrons. The van der Waals surface area contributed by atoms with Gasteiger partial charge in [0, 0.05) is 50.0 Å². The van der Waals surface area contributed by atoms with Gasteiger partial charge in [0.25, 0.3) is 0 Å². The zero-order chi connectivity index (χ0) is 19.6. The molecule has 0 atom stereocenters. The molecule has 0 unspecified atom stereocenters. The highest BCUT2D eigenvalue weighted by molar-refractivity contribution is 5.85. The summed E-state index contributed by atoms with van der Waals surface area (Å²) in [6.45, 7) is 7.39. The zero-order valence-electron chi connectivity index (χ0n) is 17.1. The Hall–Kier alpha value is -1.89. The summed E-state index contributed by atoms with van der Waals surface area (Å²) >= 11 is 0. The molecule has 2 aromatic rings. The molecule has 1 aromatic heterocycles. The van der Waals surface area contributed by atoms with Gasteiger partial charge in [-0.2, -0.15) is 0 Å². The fourth-order valence-corrected chi connectivity index (χ4v) is 5.21. The molecule has 0 radical (unpaired) electrons. The Morgan fingerprint density at radius 1 is 1.00 bits per heavy atom. The molecule has 5 rings (SSSR count). The number of hydrogen-bond donors (Lipinski definition) is 2. The lowest BCUT2D eigenvalue weighted by Gasteiger charge is -2.36. The van der Waals surface area contributed by atoms with Gasteiger partial charge in [-0.05, 0) is 62.9 Å². The molecule has 0 amide bonds. The largest absolute Gasteiger partial charge is 0.344 e. The highest BCUT2D eigenvalue weighted by Gasteiger charge is 2.25. The molecular weight excluding hydrogens is 365 g/mol. The fraction of sp³-hybridized carbons (Fsp3) is 0.565. The van der Waals surface area contributed by atoms with E-state index in [2.05, 4.69) is 32.4 Å². The van der Waals surface area contributed by atoms with Crippen LogP contribution >= 0.6 is 0 Å². The van der Waals surface area contributed by atoms with Crippen molar-refractivity contribution >= 4 is 16.6 Å². The summed E-state index contributed by atoms with van der Waals surface area (Å²) < 4.78 is 17.5. The number of nitrogens with one attached hydrogen (secondary N) is 2. The number of anilines is 1. The smallest absolute Gasteiger partial charge is 0.156 e. The first-order chi connectivity index (χ1) is 14.3. The first-order valence-corrected chi connectivity index (χ1v) is 11.2. The molecule has 6 heteroatoms. The number of nitrogens with zero attached hydrogens (tertiary/aromatic N) is 3. The quantitative estimate of drug-likeness (QED) is 0.830. The molecule has 3 aliphatic rings. The van der Waals surface area contributed by atoms with Gasteiger partial charge < -0.3 is 19.7 Å². The van der Waals surface area contributed by atoms with Crippen molar-refractivity contribution < 1.29 is 4.39 Å². The van der Waals surface area contributed by atoms with Crippen LogP contribution in [0.1, 0.15) is 31.7 Å². The van der Waals surface area contributed by atoms with Crippen LogP contribution in [-0.4, -0.2) is 55.4 Å². The summed E-state index contributed by atoms with van der Waals surface area (Å²) in [5.74, 6) is 0.740. The lowest BCUT2D eigenvalue weighted by molar-refractivity contribution is 0.152. The van der Waals surface area contributed by atoms with Gasteiger partial charge in [0.2, 0.25) is 0 Å². The molecule has 2 saturated heterocycles. The molecular formula is C23H32FN5. The summed E-state index contributed by atoms with van der Waals surface area (Å²) in [4.78, 5) is 4.58. The van der Waals surface area contributed by atoms with E-state index in [-0.39, 0.29) is 5.82 Å². The van der Waals surface area contributed by atoms with Crippen LogP contribution in [0.15, 0.2) is 36.7 Å². The first kappa shape index (κ1) is 19.1. The van der Waals surface area contributed by atoms with E-state index in [1.807, 2.05) is 29.3 Å². The van der Waals surface area contributed by atoms with Gasteiger partial charge >= 0.3 is 0 Å². The van der Waals surface area contributed by atoms with E-state index in [0.717, 1.165) is 49.3 Å². The number of piperidine rings is 2. The second kappa shape index (κ2) is 8.46. The molecule has 0 saturated carbocycles. The van der Waals surface area contributed by atoms with Crippen LogP contribution in [-0.2, 0) is 0 Å². The summed E-state index contributed by atoms with van der Waals surface area (Å²) in [5, 5.41) is 7.45. The third kappa shape index (κ3) is 3.93. The van der Waals surface area contributed by atoms with Gasteiger partial charge in [-0.15, -0.1) is 0 Å². The average Bonchev–Trinajstić information content (AvgIpc) is 3.21. The highest BCUT2D eigenvalue weighted by Crippen LogP contribution is 2.33. The minimum absolute atomic E-state index is 0.113. The highest BCUT2D eigenvalue weighted by atomic mass is 19.1. The summed E-state index contributed by atoms with van der Waals surface area (Å²) in [7, 11) is 0. The van der Waals surface area contributed by atoms with E-state index in [1.165, 1.54) is 32.5 Å². The summed E-state index contributed by atoms with van der Waals surface area (Å²) in [5.41, 5.74) is 1.67. The molecule has 3 aliphatic heterocycles. The van der Waals surface area contributed by atoms with E-state index >= 15 is 4.39 Å². The van der Waals surface area contributed by atoms with Crippen LogP contribution in [0.4, 0.5) is 10.1 Å². The Labute approximate surface area is 172 Å². The number of fused-ring (bicyclic) bond motifs is 1. The third-order valence-electron chi connectivity index (χ3n) is 6.88. The number of benzene rings is 1. The number of aromatic nitrogens is 1. The maximum Gasteiger partial charge on any atom is 0.156 e. The lowest BCUT2D eigenvalue weighted by Crippen LogP contribution is -2.40. The van der Waals surface area contributed by atoms with Crippen LogP contribution < -0.4 is 15.5 Å². The van der Waals surface area contributed by atoms with Crippen molar-refractivity contribution in [1.29, 1.82) is 0 Å². The average molecular weight is 398 g/mol. The van der Waals surface area contributed by atoms with Crippen molar-refractivity contribution in [3.63, 3.8) is 0 Å². The summed E-state index contributed by atoms with van der Waals surface area (Å²) in [6, 6.07) is 6.45. The van der Waals surface area contributed by atoms with Crippen molar-refractivity contribution in [1.82, 2.24) is 20.1 Å². The van der Waals surface area contributed by atoms with Crippen molar-refractivity contribution in [2.45, 2.75) is 31.7 Å². The van der Waals surface area contributed by atoms with Gasteiger partial charge in [-0.25, -0.2) is 4.39 Å². The standard InChI is InChI=1S/C23H32FN5/c24-23-20-8-15-29(21(20)2-3-22(23)28-12-1-9-26-17-28)19-6-13-27(14-7-19)16-18-4-10-25-11-5-18/h1-3,8,12,15,18-19,25-26H,4-7,9-11,13-14,16-17H2.